The lowest BCUT2D eigenvalue weighted by molar-refractivity contribution is 0.0777. The number of fused-ring (bicyclic) bond motifs is 1. The molecule has 4 aromatic rings. The number of halogens is 1. The largest absolute Gasteiger partial charge is 0.497 e. The minimum atomic E-state index is -0.603. The first kappa shape index (κ1) is 26.2. The number of nitrogens with zero attached hydrogens (tertiary/aromatic N) is 3. The third-order valence-electron chi connectivity index (χ3n) is 6.34. The van der Waals surface area contributed by atoms with E-state index < -0.39 is 17.1 Å². The molecule has 0 fully saturated rings. The number of benzene rings is 2. The van der Waals surface area contributed by atoms with Crippen LogP contribution in [-0.4, -0.2) is 47.3 Å². The monoisotopic (exact) mass is 525 g/mol. The van der Waals surface area contributed by atoms with E-state index in [9.17, 15) is 18.8 Å². The Bertz CT molecular complexity index is 1580. The summed E-state index contributed by atoms with van der Waals surface area (Å²) in [7, 11) is 2.95. The minimum absolute atomic E-state index is 0.0766. The highest BCUT2D eigenvalue weighted by Gasteiger charge is 2.26. The van der Waals surface area contributed by atoms with Crippen LogP contribution in [0.5, 0.6) is 11.5 Å². The van der Waals surface area contributed by atoms with Gasteiger partial charge in [-0.3, -0.25) is 14.2 Å². The van der Waals surface area contributed by atoms with Crippen LogP contribution in [0.3, 0.4) is 0 Å². The first-order valence-corrected chi connectivity index (χ1v) is 12.6. The fourth-order valence-electron chi connectivity index (χ4n) is 4.30. The van der Waals surface area contributed by atoms with Crippen molar-refractivity contribution in [2.45, 2.75) is 27.3 Å². The van der Waals surface area contributed by atoms with Gasteiger partial charge in [0.15, 0.2) is 0 Å². The summed E-state index contributed by atoms with van der Waals surface area (Å²) in [6.07, 6.45) is 0. The minimum Gasteiger partial charge on any atom is -0.497 e. The lowest BCUT2D eigenvalue weighted by Gasteiger charge is -2.17. The second-order valence-electron chi connectivity index (χ2n) is 8.39. The maximum atomic E-state index is 13.9. The van der Waals surface area contributed by atoms with E-state index in [2.05, 4.69) is 0 Å². The van der Waals surface area contributed by atoms with Crippen molar-refractivity contribution in [3.05, 3.63) is 85.1 Å². The van der Waals surface area contributed by atoms with E-state index in [1.54, 1.807) is 42.2 Å². The van der Waals surface area contributed by atoms with E-state index in [-0.39, 0.29) is 29.3 Å². The SMILES string of the molecule is CCN(CC)C(=O)c1sc2c(c1C)c(=O)n(-c1ccc(OC)cc1OC)c(=O)n2Cc1ccc(F)cc1. The summed E-state index contributed by atoms with van der Waals surface area (Å²) in [5, 5.41) is 0.278. The van der Waals surface area contributed by atoms with E-state index in [1.807, 2.05) is 13.8 Å². The number of rotatable bonds is 8. The molecule has 2 aromatic carbocycles. The maximum Gasteiger partial charge on any atom is 0.337 e. The Morgan fingerprint density at radius 3 is 2.30 bits per heavy atom. The molecule has 0 saturated heterocycles. The Morgan fingerprint density at radius 1 is 1.03 bits per heavy atom. The molecule has 0 aliphatic heterocycles. The molecule has 37 heavy (non-hydrogen) atoms. The van der Waals surface area contributed by atoms with Gasteiger partial charge < -0.3 is 14.4 Å². The number of amides is 1. The number of hydrogen-bond acceptors (Lipinski definition) is 6. The van der Waals surface area contributed by atoms with Gasteiger partial charge in [-0.1, -0.05) is 12.1 Å². The van der Waals surface area contributed by atoms with Crippen molar-refractivity contribution >= 4 is 27.5 Å². The second kappa shape index (κ2) is 10.6. The molecule has 2 heterocycles. The Morgan fingerprint density at radius 2 is 1.70 bits per heavy atom. The first-order chi connectivity index (χ1) is 17.7. The van der Waals surface area contributed by atoms with Crippen LogP contribution < -0.4 is 20.7 Å². The van der Waals surface area contributed by atoms with Gasteiger partial charge in [0.05, 0.1) is 36.7 Å². The van der Waals surface area contributed by atoms with Gasteiger partial charge in [-0.05, 0) is 56.2 Å². The van der Waals surface area contributed by atoms with Crippen molar-refractivity contribution < 1.29 is 18.7 Å². The van der Waals surface area contributed by atoms with Gasteiger partial charge in [0.1, 0.15) is 22.1 Å². The van der Waals surface area contributed by atoms with Gasteiger partial charge in [0.25, 0.3) is 11.5 Å². The molecule has 0 aliphatic carbocycles. The Kier molecular flexibility index (Phi) is 7.49. The zero-order valence-electron chi connectivity index (χ0n) is 21.3. The van der Waals surface area contributed by atoms with Crippen molar-refractivity contribution in [2.24, 2.45) is 0 Å². The molecule has 0 unspecified atom stereocenters. The van der Waals surface area contributed by atoms with Gasteiger partial charge in [-0.2, -0.15) is 0 Å². The lowest BCUT2D eigenvalue weighted by Crippen LogP contribution is -2.39. The maximum absolute atomic E-state index is 13.9. The summed E-state index contributed by atoms with van der Waals surface area (Å²) in [5.74, 6) is 0.185. The quantitative estimate of drug-likeness (QED) is 0.344. The highest BCUT2D eigenvalue weighted by molar-refractivity contribution is 7.20. The molecule has 0 bridgehead atoms. The number of carbonyl (C=O) groups is 1. The Balaban J connectivity index is 2.07. The average Bonchev–Trinajstić information content (AvgIpc) is 3.25. The molecule has 1 amide bonds. The van der Waals surface area contributed by atoms with E-state index in [1.165, 1.54) is 30.9 Å². The summed E-state index contributed by atoms with van der Waals surface area (Å²) >= 11 is 1.12. The third-order valence-corrected chi connectivity index (χ3v) is 7.64. The van der Waals surface area contributed by atoms with E-state index >= 15 is 0 Å². The van der Waals surface area contributed by atoms with Crippen molar-refractivity contribution in [2.75, 3.05) is 27.3 Å². The highest BCUT2D eigenvalue weighted by atomic mass is 32.1. The molecule has 194 valence electrons. The van der Waals surface area contributed by atoms with E-state index in [0.29, 0.717) is 39.7 Å². The molecule has 8 nitrogen and oxygen atoms in total. The zero-order chi connectivity index (χ0) is 26.9. The molecule has 0 aliphatic rings. The summed E-state index contributed by atoms with van der Waals surface area (Å²) < 4.78 is 26.8. The standard InChI is InChI=1S/C27H28FN3O5S/c1-6-29(7-2)25(33)23-16(3)22-24(32)31(20-13-12-19(35-4)14-21(20)36-5)27(34)30(26(22)37-23)15-17-8-10-18(28)11-9-17/h8-14H,6-7,15H2,1-5H3. The van der Waals surface area contributed by atoms with E-state index in [0.717, 1.165) is 15.9 Å². The number of methoxy groups -OCH3 is 2. The van der Waals surface area contributed by atoms with E-state index in [4.69, 9.17) is 9.47 Å². The molecule has 2 aromatic heterocycles. The van der Waals surface area contributed by atoms with Crippen LogP contribution in [-0.2, 0) is 6.54 Å². The number of carbonyl (C=O) groups excluding carboxylic acids is 1. The normalized spacial score (nSPS) is 11.1. The molecule has 4 rings (SSSR count). The Hall–Kier alpha value is -3.92. The predicted octanol–water partition coefficient (Wildman–Crippen LogP) is 4.21. The molecular formula is C27H28FN3O5S. The summed E-state index contributed by atoms with van der Waals surface area (Å²) in [6, 6.07) is 10.6. The van der Waals surface area contributed by atoms with Crippen LogP contribution in [0.2, 0.25) is 0 Å². The summed E-state index contributed by atoms with van der Waals surface area (Å²) in [5.41, 5.74) is 0.269. The number of aryl methyl sites for hydroxylation is 1. The van der Waals surface area contributed by atoms with Crippen LogP contribution >= 0.6 is 11.3 Å². The fraction of sp³-hybridized carbons (Fsp3) is 0.296. The third kappa shape index (κ3) is 4.64. The molecule has 0 spiro atoms. The molecular weight excluding hydrogens is 497 g/mol. The fourth-order valence-corrected chi connectivity index (χ4v) is 5.56. The van der Waals surface area contributed by atoms with Gasteiger partial charge in [-0.15, -0.1) is 11.3 Å². The lowest BCUT2D eigenvalue weighted by atomic mass is 10.1. The van der Waals surface area contributed by atoms with Gasteiger partial charge in [0, 0.05) is 19.2 Å². The smallest absolute Gasteiger partial charge is 0.337 e. The van der Waals surface area contributed by atoms with Crippen LogP contribution in [0, 0.1) is 12.7 Å². The molecule has 0 atom stereocenters. The number of aromatic nitrogens is 2. The second-order valence-corrected chi connectivity index (χ2v) is 9.39. The molecule has 0 N–H and O–H groups in total. The number of ether oxygens (including phenoxy) is 2. The summed E-state index contributed by atoms with van der Waals surface area (Å²) in [6.45, 7) is 6.60. The molecule has 0 radical (unpaired) electrons. The van der Waals surface area contributed by atoms with Crippen molar-refractivity contribution in [1.82, 2.24) is 14.0 Å². The van der Waals surface area contributed by atoms with Crippen LogP contribution in [0.4, 0.5) is 4.39 Å². The first-order valence-electron chi connectivity index (χ1n) is 11.8. The zero-order valence-corrected chi connectivity index (χ0v) is 22.1. The van der Waals surface area contributed by atoms with Crippen LogP contribution in [0.1, 0.15) is 34.6 Å². The van der Waals surface area contributed by atoms with Crippen molar-refractivity contribution in [1.29, 1.82) is 0 Å². The van der Waals surface area contributed by atoms with Crippen LogP contribution in [0.25, 0.3) is 15.9 Å². The van der Waals surface area contributed by atoms with Crippen molar-refractivity contribution in [3.63, 3.8) is 0 Å². The van der Waals surface area contributed by atoms with Crippen molar-refractivity contribution in [3.8, 4) is 17.2 Å². The van der Waals surface area contributed by atoms with Gasteiger partial charge in [0.2, 0.25) is 0 Å². The number of thiophene rings is 1. The van der Waals surface area contributed by atoms with Gasteiger partial charge in [-0.25, -0.2) is 13.8 Å². The Labute approximate surface area is 217 Å². The van der Waals surface area contributed by atoms with Crippen LogP contribution in [0.15, 0.2) is 52.1 Å². The highest BCUT2D eigenvalue weighted by Crippen LogP contribution is 2.31. The molecule has 10 heteroatoms. The summed E-state index contributed by atoms with van der Waals surface area (Å²) in [4.78, 5) is 43.5. The average molecular weight is 526 g/mol. The predicted molar refractivity (Wildman–Crippen MR) is 142 cm³/mol. The van der Waals surface area contributed by atoms with Gasteiger partial charge >= 0.3 is 5.69 Å². The number of hydrogen-bond donors (Lipinski definition) is 0. The molecule has 0 saturated carbocycles. The topological polar surface area (TPSA) is 82.8 Å².